The van der Waals surface area contributed by atoms with E-state index in [2.05, 4.69) is 27.3 Å². The second kappa shape index (κ2) is 5.51. The fraction of sp³-hybridized carbons (Fsp3) is 0.636. The number of hydrogen-bond donors (Lipinski definition) is 2. The Bertz CT molecular complexity index is 428. The molecule has 1 aromatic rings. The number of nitrogens with zero attached hydrogens (tertiary/aromatic N) is 2. The number of rotatable bonds is 3. The van der Waals surface area contributed by atoms with Gasteiger partial charge >= 0.3 is 0 Å². The van der Waals surface area contributed by atoms with E-state index in [1.165, 1.54) is 0 Å². The summed E-state index contributed by atoms with van der Waals surface area (Å²) >= 11 is 6.04. The molecule has 17 heavy (non-hydrogen) atoms. The van der Waals surface area contributed by atoms with Crippen molar-refractivity contribution in [3.8, 4) is 0 Å². The van der Waals surface area contributed by atoms with Gasteiger partial charge in [-0.3, -0.25) is 4.79 Å². The Labute approximate surface area is 105 Å². The van der Waals surface area contributed by atoms with E-state index in [1.54, 1.807) is 6.20 Å². The van der Waals surface area contributed by atoms with Crippen molar-refractivity contribution < 1.29 is 0 Å². The van der Waals surface area contributed by atoms with Gasteiger partial charge in [0.1, 0.15) is 5.02 Å². The molecule has 94 valence electrons. The van der Waals surface area contributed by atoms with Gasteiger partial charge in [-0.05, 0) is 26.3 Å². The van der Waals surface area contributed by atoms with Gasteiger partial charge in [0.15, 0.2) is 0 Å². The summed E-state index contributed by atoms with van der Waals surface area (Å²) in [5.41, 5.74) is 0.401. The standard InChI is InChI=1S/C11H17ClN4O/c1-2-16(8-4-3-5-13-6-8)9-7-14-15-11(17)10(9)12/h7-8,13H,2-6H2,1H3,(H,15,17). The Morgan fingerprint density at radius 3 is 3.12 bits per heavy atom. The number of likely N-dealkylation sites (N-methyl/N-ethyl adjacent to an activating group) is 1. The van der Waals surface area contributed by atoms with Gasteiger partial charge in [-0.25, -0.2) is 5.10 Å². The van der Waals surface area contributed by atoms with Crippen molar-refractivity contribution in [2.24, 2.45) is 0 Å². The van der Waals surface area contributed by atoms with Crippen molar-refractivity contribution in [1.82, 2.24) is 15.5 Å². The number of hydrogen-bond acceptors (Lipinski definition) is 4. The first-order chi connectivity index (χ1) is 8.24. The van der Waals surface area contributed by atoms with Crippen LogP contribution in [0, 0.1) is 0 Å². The first-order valence-corrected chi connectivity index (χ1v) is 6.32. The summed E-state index contributed by atoms with van der Waals surface area (Å²) in [5, 5.41) is 9.76. The molecule has 0 aliphatic carbocycles. The summed E-state index contributed by atoms with van der Waals surface area (Å²) < 4.78 is 0. The van der Waals surface area contributed by atoms with E-state index >= 15 is 0 Å². The molecule has 1 saturated heterocycles. The first-order valence-electron chi connectivity index (χ1n) is 5.94. The van der Waals surface area contributed by atoms with E-state index in [1.807, 2.05) is 0 Å². The number of aromatic nitrogens is 2. The lowest BCUT2D eigenvalue weighted by Crippen LogP contribution is -2.46. The highest BCUT2D eigenvalue weighted by Gasteiger charge is 2.22. The maximum Gasteiger partial charge on any atom is 0.285 e. The molecule has 1 atom stereocenters. The van der Waals surface area contributed by atoms with Crippen molar-refractivity contribution >= 4 is 17.3 Å². The smallest absolute Gasteiger partial charge is 0.285 e. The molecule has 2 N–H and O–H groups in total. The van der Waals surface area contributed by atoms with Gasteiger partial charge in [-0.1, -0.05) is 11.6 Å². The van der Waals surface area contributed by atoms with Crippen LogP contribution in [-0.2, 0) is 0 Å². The molecule has 0 bridgehead atoms. The second-order valence-electron chi connectivity index (χ2n) is 4.18. The van der Waals surface area contributed by atoms with Gasteiger partial charge in [0.05, 0.1) is 11.9 Å². The fourth-order valence-electron chi connectivity index (χ4n) is 2.30. The maximum atomic E-state index is 11.5. The number of halogens is 1. The Kier molecular flexibility index (Phi) is 4.02. The molecule has 0 amide bonds. The largest absolute Gasteiger partial charge is 0.365 e. The zero-order valence-electron chi connectivity index (χ0n) is 9.87. The van der Waals surface area contributed by atoms with Crippen molar-refractivity contribution in [2.45, 2.75) is 25.8 Å². The Balaban J connectivity index is 2.27. The molecule has 6 heteroatoms. The third-order valence-electron chi connectivity index (χ3n) is 3.14. The average molecular weight is 257 g/mol. The van der Waals surface area contributed by atoms with Crippen LogP contribution < -0.4 is 15.8 Å². The fourth-order valence-corrected chi connectivity index (χ4v) is 2.50. The molecule has 2 rings (SSSR count). The van der Waals surface area contributed by atoms with E-state index in [0.29, 0.717) is 6.04 Å². The number of anilines is 1. The third-order valence-corrected chi connectivity index (χ3v) is 3.50. The molecule has 5 nitrogen and oxygen atoms in total. The Morgan fingerprint density at radius 1 is 1.65 bits per heavy atom. The van der Waals surface area contributed by atoms with Gasteiger partial charge in [-0.2, -0.15) is 5.10 Å². The first kappa shape index (κ1) is 12.4. The van der Waals surface area contributed by atoms with Crippen LogP contribution >= 0.6 is 11.6 Å². The number of piperidine rings is 1. The van der Waals surface area contributed by atoms with E-state index in [4.69, 9.17) is 11.6 Å². The molecule has 1 aliphatic heterocycles. The summed E-state index contributed by atoms with van der Waals surface area (Å²) in [7, 11) is 0. The number of nitrogens with one attached hydrogen (secondary N) is 2. The van der Waals surface area contributed by atoms with Crippen molar-refractivity contribution in [3.63, 3.8) is 0 Å². The van der Waals surface area contributed by atoms with Gasteiger partial charge in [-0.15, -0.1) is 0 Å². The second-order valence-corrected chi connectivity index (χ2v) is 4.56. The molecule has 0 saturated carbocycles. The van der Waals surface area contributed by atoms with Crippen LogP contribution in [0.1, 0.15) is 19.8 Å². The normalized spacial score (nSPS) is 20.2. The molecule has 1 aromatic heterocycles. The topological polar surface area (TPSA) is 61.0 Å². The third kappa shape index (κ3) is 2.61. The highest BCUT2D eigenvalue weighted by atomic mass is 35.5. The minimum Gasteiger partial charge on any atom is -0.365 e. The molecule has 1 aliphatic rings. The summed E-state index contributed by atoms with van der Waals surface area (Å²) in [6.07, 6.45) is 3.89. The zero-order chi connectivity index (χ0) is 12.3. The molecule has 1 fully saturated rings. The lowest BCUT2D eigenvalue weighted by molar-refractivity contribution is 0.435. The predicted molar refractivity (Wildman–Crippen MR) is 68.8 cm³/mol. The number of aromatic amines is 1. The van der Waals surface area contributed by atoms with E-state index < -0.39 is 0 Å². The lowest BCUT2D eigenvalue weighted by atomic mass is 10.1. The highest BCUT2D eigenvalue weighted by molar-refractivity contribution is 6.33. The van der Waals surface area contributed by atoms with Crippen molar-refractivity contribution in [2.75, 3.05) is 24.5 Å². The highest BCUT2D eigenvalue weighted by Crippen LogP contribution is 2.24. The molecule has 1 unspecified atom stereocenters. The molecule has 0 spiro atoms. The van der Waals surface area contributed by atoms with Crippen LogP contribution in [0.3, 0.4) is 0 Å². The van der Waals surface area contributed by atoms with E-state index in [-0.39, 0.29) is 10.6 Å². The molecular weight excluding hydrogens is 240 g/mol. The summed E-state index contributed by atoms with van der Waals surface area (Å²) in [6, 6.07) is 0.384. The van der Waals surface area contributed by atoms with Crippen LogP contribution in [0.5, 0.6) is 0 Å². The lowest BCUT2D eigenvalue weighted by Gasteiger charge is -2.35. The van der Waals surface area contributed by atoms with Crippen LogP contribution in [0.2, 0.25) is 5.02 Å². The van der Waals surface area contributed by atoms with Crippen LogP contribution in [-0.4, -0.2) is 35.9 Å². The molecule has 0 radical (unpaired) electrons. The summed E-state index contributed by atoms with van der Waals surface area (Å²) in [5.74, 6) is 0. The van der Waals surface area contributed by atoms with Crippen LogP contribution in [0.15, 0.2) is 11.0 Å². The van der Waals surface area contributed by atoms with Crippen molar-refractivity contribution in [1.29, 1.82) is 0 Å². The minimum atomic E-state index is -0.327. The zero-order valence-corrected chi connectivity index (χ0v) is 10.6. The molecule has 0 aromatic carbocycles. The maximum absolute atomic E-state index is 11.5. The predicted octanol–water partition coefficient (Wildman–Crippen LogP) is 1.00. The van der Waals surface area contributed by atoms with Gasteiger partial charge < -0.3 is 10.2 Å². The average Bonchev–Trinajstić information content (AvgIpc) is 2.37. The Morgan fingerprint density at radius 2 is 2.47 bits per heavy atom. The SMILES string of the molecule is CCN(c1cn[nH]c(=O)c1Cl)C1CCCNC1. The quantitative estimate of drug-likeness (QED) is 0.847. The number of H-pyrrole nitrogens is 1. The van der Waals surface area contributed by atoms with Crippen molar-refractivity contribution in [3.05, 3.63) is 21.6 Å². The molecular formula is C11H17ClN4O. The van der Waals surface area contributed by atoms with E-state index in [0.717, 1.165) is 38.2 Å². The molecule has 2 heterocycles. The van der Waals surface area contributed by atoms with E-state index in [9.17, 15) is 4.79 Å². The van der Waals surface area contributed by atoms with Gasteiger partial charge in [0, 0.05) is 19.1 Å². The van der Waals surface area contributed by atoms with Gasteiger partial charge in [0.2, 0.25) is 0 Å². The minimum absolute atomic E-state index is 0.229. The van der Waals surface area contributed by atoms with Crippen LogP contribution in [0.25, 0.3) is 0 Å². The summed E-state index contributed by atoms with van der Waals surface area (Å²) in [4.78, 5) is 13.6. The summed E-state index contributed by atoms with van der Waals surface area (Å²) in [6.45, 7) is 4.87. The van der Waals surface area contributed by atoms with Crippen LogP contribution in [0.4, 0.5) is 5.69 Å². The Hall–Kier alpha value is -1.07. The van der Waals surface area contributed by atoms with Gasteiger partial charge in [0.25, 0.3) is 5.56 Å². The monoisotopic (exact) mass is 256 g/mol.